The highest BCUT2D eigenvalue weighted by atomic mass is 15.1. The Morgan fingerprint density at radius 2 is 2.00 bits per heavy atom. The Morgan fingerprint density at radius 1 is 1.38 bits per heavy atom. The molecular formula is C11H18N2. The summed E-state index contributed by atoms with van der Waals surface area (Å²) in [6.45, 7) is 11.7. The van der Waals surface area contributed by atoms with Gasteiger partial charge >= 0.3 is 0 Å². The average molecular weight is 178 g/mol. The van der Waals surface area contributed by atoms with Gasteiger partial charge in [0.1, 0.15) is 0 Å². The Morgan fingerprint density at radius 3 is 2.46 bits per heavy atom. The van der Waals surface area contributed by atoms with Crippen molar-refractivity contribution in [2.75, 3.05) is 0 Å². The SMILES string of the molecule is C=Cc1n[nH]c(C)c1/C=C\C.CC. The van der Waals surface area contributed by atoms with E-state index in [1.807, 2.05) is 39.8 Å². The average Bonchev–Trinajstić information content (AvgIpc) is 2.52. The molecule has 1 rings (SSSR count). The molecule has 0 saturated heterocycles. The molecule has 0 bridgehead atoms. The summed E-state index contributed by atoms with van der Waals surface area (Å²) in [6.07, 6.45) is 5.76. The minimum absolute atomic E-state index is 0.917. The molecule has 0 fully saturated rings. The fraction of sp³-hybridized carbons (Fsp3) is 0.364. The fourth-order valence-corrected chi connectivity index (χ4v) is 0.989. The number of nitrogens with one attached hydrogen (secondary N) is 1. The first-order valence-electron chi connectivity index (χ1n) is 4.59. The standard InChI is InChI=1S/C9H12N2.C2H6/c1-4-6-8-7(3)10-11-9(8)5-2;1-2/h4-6H,2H2,1,3H3,(H,10,11);1-2H3/b6-4-;. The molecule has 0 atom stereocenters. The number of H-pyrrole nitrogens is 1. The highest BCUT2D eigenvalue weighted by Crippen LogP contribution is 2.12. The van der Waals surface area contributed by atoms with E-state index in [2.05, 4.69) is 16.8 Å². The van der Waals surface area contributed by atoms with E-state index in [9.17, 15) is 0 Å². The largest absolute Gasteiger partial charge is 0.282 e. The van der Waals surface area contributed by atoms with Gasteiger partial charge in [-0.15, -0.1) is 0 Å². The van der Waals surface area contributed by atoms with Crippen molar-refractivity contribution in [3.05, 3.63) is 29.6 Å². The van der Waals surface area contributed by atoms with Crippen LogP contribution >= 0.6 is 0 Å². The van der Waals surface area contributed by atoms with E-state index in [0.29, 0.717) is 0 Å². The smallest absolute Gasteiger partial charge is 0.0917 e. The maximum atomic E-state index is 4.06. The zero-order chi connectivity index (χ0) is 10.3. The number of rotatable bonds is 2. The summed E-state index contributed by atoms with van der Waals surface area (Å²) in [6, 6.07) is 0. The number of aryl methyl sites for hydroxylation is 1. The molecule has 0 aliphatic rings. The van der Waals surface area contributed by atoms with Gasteiger partial charge < -0.3 is 0 Å². The second-order valence-corrected chi connectivity index (χ2v) is 2.35. The molecule has 1 aromatic heterocycles. The Balaban J connectivity index is 0.000000671. The molecule has 0 radical (unpaired) electrons. The molecule has 0 amide bonds. The van der Waals surface area contributed by atoms with Crippen LogP contribution in [0.3, 0.4) is 0 Å². The summed E-state index contributed by atoms with van der Waals surface area (Å²) in [7, 11) is 0. The molecule has 2 heteroatoms. The van der Waals surface area contributed by atoms with E-state index in [4.69, 9.17) is 0 Å². The number of hydrogen-bond acceptors (Lipinski definition) is 1. The first kappa shape index (κ1) is 11.7. The van der Waals surface area contributed by atoms with Crippen LogP contribution in [0.15, 0.2) is 12.7 Å². The van der Waals surface area contributed by atoms with E-state index >= 15 is 0 Å². The first-order chi connectivity index (χ1) is 6.29. The van der Waals surface area contributed by atoms with Gasteiger partial charge in [-0.25, -0.2) is 0 Å². The normalized spacial score (nSPS) is 9.54. The van der Waals surface area contributed by atoms with Gasteiger partial charge in [-0.2, -0.15) is 5.10 Å². The molecule has 0 aliphatic carbocycles. The molecule has 0 aromatic carbocycles. The van der Waals surface area contributed by atoms with Crippen molar-refractivity contribution in [2.45, 2.75) is 27.7 Å². The second kappa shape index (κ2) is 6.23. The van der Waals surface area contributed by atoms with Crippen molar-refractivity contribution in [3.8, 4) is 0 Å². The van der Waals surface area contributed by atoms with E-state index in [1.165, 1.54) is 0 Å². The lowest BCUT2D eigenvalue weighted by molar-refractivity contribution is 1.04. The van der Waals surface area contributed by atoms with Gasteiger partial charge in [0, 0.05) is 11.3 Å². The molecule has 0 aliphatic heterocycles. The predicted octanol–water partition coefficient (Wildman–Crippen LogP) is 3.42. The van der Waals surface area contributed by atoms with Crippen LogP contribution in [-0.4, -0.2) is 10.2 Å². The molecule has 1 heterocycles. The van der Waals surface area contributed by atoms with Gasteiger partial charge in [0.15, 0.2) is 0 Å². The lowest BCUT2D eigenvalue weighted by atomic mass is 10.2. The van der Waals surface area contributed by atoms with Crippen molar-refractivity contribution >= 4 is 12.2 Å². The molecule has 0 saturated carbocycles. The van der Waals surface area contributed by atoms with Gasteiger partial charge in [0.2, 0.25) is 0 Å². The third-order valence-electron chi connectivity index (χ3n) is 1.55. The summed E-state index contributed by atoms with van der Waals surface area (Å²) in [5.41, 5.74) is 3.13. The van der Waals surface area contributed by atoms with E-state index < -0.39 is 0 Å². The first-order valence-corrected chi connectivity index (χ1v) is 4.59. The van der Waals surface area contributed by atoms with Crippen LogP contribution in [0.4, 0.5) is 0 Å². The molecule has 1 N–H and O–H groups in total. The van der Waals surface area contributed by atoms with Crippen LogP contribution < -0.4 is 0 Å². The highest BCUT2D eigenvalue weighted by molar-refractivity contribution is 5.63. The van der Waals surface area contributed by atoms with E-state index in [-0.39, 0.29) is 0 Å². The lowest BCUT2D eigenvalue weighted by Gasteiger charge is -1.89. The van der Waals surface area contributed by atoms with Crippen molar-refractivity contribution < 1.29 is 0 Å². The van der Waals surface area contributed by atoms with Crippen LogP contribution in [-0.2, 0) is 0 Å². The molecule has 1 aromatic rings. The number of hydrogen-bond donors (Lipinski definition) is 1. The van der Waals surface area contributed by atoms with Crippen LogP contribution in [0.5, 0.6) is 0 Å². The zero-order valence-electron chi connectivity index (χ0n) is 8.89. The zero-order valence-corrected chi connectivity index (χ0v) is 8.89. The minimum Gasteiger partial charge on any atom is -0.282 e. The van der Waals surface area contributed by atoms with E-state index in [0.717, 1.165) is 17.0 Å². The third kappa shape index (κ3) is 2.90. The molecule has 0 unspecified atom stereocenters. The number of nitrogens with zero attached hydrogens (tertiary/aromatic N) is 1. The summed E-state index contributed by atoms with van der Waals surface area (Å²) < 4.78 is 0. The number of allylic oxidation sites excluding steroid dienone is 1. The third-order valence-corrected chi connectivity index (χ3v) is 1.55. The Kier molecular flexibility index (Phi) is 5.60. The molecule has 13 heavy (non-hydrogen) atoms. The topological polar surface area (TPSA) is 28.7 Å². The molecular weight excluding hydrogens is 160 g/mol. The fourth-order valence-electron chi connectivity index (χ4n) is 0.989. The maximum Gasteiger partial charge on any atom is 0.0917 e. The van der Waals surface area contributed by atoms with Crippen molar-refractivity contribution in [1.82, 2.24) is 10.2 Å². The Hall–Kier alpha value is -1.31. The number of aromatic nitrogens is 2. The van der Waals surface area contributed by atoms with Crippen molar-refractivity contribution in [3.63, 3.8) is 0 Å². The molecule has 2 nitrogen and oxygen atoms in total. The minimum atomic E-state index is 0.917. The number of aromatic amines is 1. The summed E-state index contributed by atoms with van der Waals surface area (Å²) in [4.78, 5) is 0. The summed E-state index contributed by atoms with van der Waals surface area (Å²) in [5, 5.41) is 6.96. The van der Waals surface area contributed by atoms with Gasteiger partial charge in [-0.3, -0.25) is 5.10 Å². The van der Waals surface area contributed by atoms with E-state index in [1.54, 1.807) is 6.08 Å². The second-order valence-electron chi connectivity index (χ2n) is 2.35. The molecule has 72 valence electrons. The van der Waals surface area contributed by atoms with Gasteiger partial charge in [-0.1, -0.05) is 32.6 Å². The van der Waals surface area contributed by atoms with Gasteiger partial charge in [0.25, 0.3) is 0 Å². The molecule has 0 spiro atoms. The monoisotopic (exact) mass is 178 g/mol. The van der Waals surface area contributed by atoms with Crippen LogP contribution in [0.25, 0.3) is 12.2 Å². The maximum absolute atomic E-state index is 4.06. The summed E-state index contributed by atoms with van der Waals surface area (Å²) >= 11 is 0. The van der Waals surface area contributed by atoms with Gasteiger partial charge in [-0.05, 0) is 19.9 Å². The van der Waals surface area contributed by atoms with Crippen molar-refractivity contribution in [2.24, 2.45) is 0 Å². The quantitative estimate of drug-likeness (QED) is 0.738. The highest BCUT2D eigenvalue weighted by Gasteiger charge is 2.01. The Labute approximate surface area is 80.4 Å². The lowest BCUT2D eigenvalue weighted by Crippen LogP contribution is -1.75. The van der Waals surface area contributed by atoms with Crippen LogP contribution in [0, 0.1) is 6.92 Å². The summed E-state index contributed by atoms with van der Waals surface area (Å²) in [5.74, 6) is 0. The predicted molar refractivity (Wildman–Crippen MR) is 59.5 cm³/mol. The van der Waals surface area contributed by atoms with Gasteiger partial charge in [0.05, 0.1) is 5.69 Å². The Bertz CT molecular complexity index is 282. The van der Waals surface area contributed by atoms with Crippen LogP contribution in [0.2, 0.25) is 0 Å². The van der Waals surface area contributed by atoms with Crippen LogP contribution in [0.1, 0.15) is 37.7 Å². The van der Waals surface area contributed by atoms with Crippen molar-refractivity contribution in [1.29, 1.82) is 0 Å².